The van der Waals surface area contributed by atoms with Gasteiger partial charge in [-0.3, -0.25) is 4.79 Å². The fraction of sp³-hybridized carbons (Fsp3) is 0.409. The van der Waals surface area contributed by atoms with Crippen molar-refractivity contribution in [2.75, 3.05) is 20.8 Å². The lowest BCUT2D eigenvalue weighted by Crippen LogP contribution is -2.41. The summed E-state index contributed by atoms with van der Waals surface area (Å²) in [6.07, 6.45) is 1.38. The van der Waals surface area contributed by atoms with Gasteiger partial charge >= 0.3 is 0 Å². The van der Waals surface area contributed by atoms with Crippen LogP contribution in [-0.2, 0) is 11.2 Å². The lowest BCUT2D eigenvalue weighted by molar-refractivity contribution is -0.134. The van der Waals surface area contributed by atoms with Gasteiger partial charge in [0.15, 0.2) is 11.5 Å². The van der Waals surface area contributed by atoms with Crippen LogP contribution in [0.1, 0.15) is 43.0 Å². The standard InChI is InChI=1S/C22H27NO3/c1-15(2)12-21(24)23-11-10-17-13-19(25-3)20(26-4)14-18(17)22(23)16-8-6-5-7-9-16/h5-9,13-15,22H,10-12H2,1-4H3/t22-/m0/s1. The Labute approximate surface area is 155 Å². The molecule has 0 saturated heterocycles. The molecule has 1 amide bonds. The van der Waals surface area contributed by atoms with Crippen molar-refractivity contribution in [1.82, 2.24) is 4.90 Å². The van der Waals surface area contributed by atoms with E-state index in [-0.39, 0.29) is 11.9 Å². The number of methoxy groups -OCH3 is 2. The molecule has 1 atom stereocenters. The quantitative estimate of drug-likeness (QED) is 0.808. The molecule has 2 aromatic carbocycles. The van der Waals surface area contributed by atoms with Gasteiger partial charge in [0.05, 0.1) is 20.3 Å². The lowest BCUT2D eigenvalue weighted by Gasteiger charge is -2.38. The smallest absolute Gasteiger partial charge is 0.223 e. The fourth-order valence-corrected chi connectivity index (χ4v) is 3.68. The summed E-state index contributed by atoms with van der Waals surface area (Å²) in [5, 5.41) is 0. The van der Waals surface area contributed by atoms with Crippen LogP contribution < -0.4 is 9.47 Å². The molecular weight excluding hydrogens is 326 g/mol. The van der Waals surface area contributed by atoms with Crippen LogP contribution in [0.4, 0.5) is 0 Å². The fourth-order valence-electron chi connectivity index (χ4n) is 3.68. The second-order valence-electron chi connectivity index (χ2n) is 7.15. The third-order valence-corrected chi connectivity index (χ3v) is 4.89. The lowest BCUT2D eigenvalue weighted by atomic mass is 9.87. The van der Waals surface area contributed by atoms with Crippen LogP contribution in [0.5, 0.6) is 11.5 Å². The van der Waals surface area contributed by atoms with E-state index in [1.54, 1.807) is 14.2 Å². The molecule has 138 valence electrons. The van der Waals surface area contributed by atoms with Gasteiger partial charge in [0, 0.05) is 13.0 Å². The van der Waals surface area contributed by atoms with Gasteiger partial charge in [0.1, 0.15) is 0 Å². The highest BCUT2D eigenvalue weighted by Gasteiger charge is 2.33. The van der Waals surface area contributed by atoms with E-state index in [0.717, 1.165) is 23.3 Å². The van der Waals surface area contributed by atoms with E-state index in [4.69, 9.17) is 9.47 Å². The van der Waals surface area contributed by atoms with E-state index in [9.17, 15) is 4.79 Å². The zero-order valence-corrected chi connectivity index (χ0v) is 16.0. The average molecular weight is 353 g/mol. The van der Waals surface area contributed by atoms with Gasteiger partial charge in [-0.2, -0.15) is 0 Å². The van der Waals surface area contributed by atoms with Crippen LogP contribution >= 0.6 is 0 Å². The summed E-state index contributed by atoms with van der Waals surface area (Å²) in [7, 11) is 3.30. The van der Waals surface area contributed by atoms with Crippen LogP contribution in [0.3, 0.4) is 0 Å². The monoisotopic (exact) mass is 353 g/mol. The molecule has 3 rings (SSSR count). The number of fused-ring (bicyclic) bond motifs is 1. The third-order valence-electron chi connectivity index (χ3n) is 4.89. The Bertz CT molecular complexity index is 770. The SMILES string of the molecule is COc1cc2c(cc1OC)[C@H](c1ccccc1)N(C(=O)CC(C)C)CC2. The summed E-state index contributed by atoms with van der Waals surface area (Å²) in [6.45, 7) is 4.88. The van der Waals surface area contributed by atoms with E-state index >= 15 is 0 Å². The van der Waals surface area contributed by atoms with Crippen LogP contribution in [0.2, 0.25) is 0 Å². The van der Waals surface area contributed by atoms with Crippen molar-refractivity contribution in [3.63, 3.8) is 0 Å². The number of hydrogen-bond donors (Lipinski definition) is 0. The van der Waals surface area contributed by atoms with E-state index in [2.05, 4.69) is 26.0 Å². The molecule has 0 aliphatic carbocycles. The first kappa shape index (κ1) is 18.3. The first-order valence-corrected chi connectivity index (χ1v) is 9.14. The summed E-state index contributed by atoms with van der Waals surface area (Å²) in [5.41, 5.74) is 3.46. The van der Waals surface area contributed by atoms with Crippen molar-refractivity contribution in [2.24, 2.45) is 5.92 Å². The topological polar surface area (TPSA) is 38.8 Å². The van der Waals surface area contributed by atoms with Crippen molar-refractivity contribution in [3.8, 4) is 11.5 Å². The largest absolute Gasteiger partial charge is 0.493 e. The Morgan fingerprint density at radius 3 is 2.38 bits per heavy atom. The predicted molar refractivity (Wildman–Crippen MR) is 103 cm³/mol. The molecule has 4 heteroatoms. The van der Waals surface area contributed by atoms with E-state index in [0.29, 0.717) is 24.6 Å². The van der Waals surface area contributed by atoms with Crippen LogP contribution in [-0.4, -0.2) is 31.6 Å². The molecule has 0 N–H and O–H groups in total. The van der Waals surface area contributed by atoms with Crippen LogP contribution in [0.25, 0.3) is 0 Å². The number of amides is 1. The molecule has 4 nitrogen and oxygen atoms in total. The number of hydrogen-bond acceptors (Lipinski definition) is 3. The molecule has 0 bridgehead atoms. The van der Waals surface area contributed by atoms with Crippen molar-refractivity contribution in [1.29, 1.82) is 0 Å². The van der Waals surface area contributed by atoms with Crippen molar-refractivity contribution in [2.45, 2.75) is 32.7 Å². The van der Waals surface area contributed by atoms with E-state index < -0.39 is 0 Å². The number of benzene rings is 2. The summed E-state index contributed by atoms with van der Waals surface area (Å²) in [5.74, 6) is 1.98. The number of carbonyl (C=O) groups excluding carboxylic acids is 1. The summed E-state index contributed by atoms with van der Waals surface area (Å²) >= 11 is 0. The van der Waals surface area contributed by atoms with Gasteiger partial charge in [-0.15, -0.1) is 0 Å². The minimum absolute atomic E-state index is 0.0917. The molecule has 0 aromatic heterocycles. The number of ether oxygens (including phenoxy) is 2. The maximum Gasteiger partial charge on any atom is 0.223 e. The molecule has 1 aliphatic heterocycles. The average Bonchev–Trinajstić information content (AvgIpc) is 2.65. The first-order chi connectivity index (χ1) is 12.5. The summed E-state index contributed by atoms with van der Waals surface area (Å²) in [4.78, 5) is 15.0. The highest BCUT2D eigenvalue weighted by atomic mass is 16.5. The molecule has 0 radical (unpaired) electrons. The Balaban J connectivity index is 2.10. The van der Waals surface area contributed by atoms with Crippen molar-refractivity contribution < 1.29 is 14.3 Å². The van der Waals surface area contributed by atoms with Gasteiger partial charge in [-0.1, -0.05) is 44.2 Å². The van der Waals surface area contributed by atoms with Gasteiger partial charge in [-0.05, 0) is 41.2 Å². The summed E-state index contributed by atoms with van der Waals surface area (Å²) < 4.78 is 11.0. The number of carbonyl (C=O) groups is 1. The predicted octanol–water partition coefficient (Wildman–Crippen LogP) is 4.22. The molecule has 1 aliphatic rings. The van der Waals surface area contributed by atoms with Crippen molar-refractivity contribution in [3.05, 3.63) is 59.2 Å². The second kappa shape index (κ2) is 7.81. The third kappa shape index (κ3) is 3.55. The molecule has 1 heterocycles. The van der Waals surface area contributed by atoms with E-state index in [1.807, 2.05) is 35.2 Å². The van der Waals surface area contributed by atoms with Crippen molar-refractivity contribution >= 4 is 5.91 Å². The molecule has 2 aromatic rings. The van der Waals surface area contributed by atoms with E-state index in [1.165, 1.54) is 5.56 Å². The number of nitrogens with zero attached hydrogens (tertiary/aromatic N) is 1. The second-order valence-corrected chi connectivity index (χ2v) is 7.15. The molecule has 0 unspecified atom stereocenters. The molecule has 0 saturated carbocycles. The van der Waals surface area contributed by atoms with Gasteiger partial charge in [0.25, 0.3) is 0 Å². The number of rotatable bonds is 5. The Morgan fingerprint density at radius 2 is 1.77 bits per heavy atom. The maximum absolute atomic E-state index is 12.9. The van der Waals surface area contributed by atoms with Crippen LogP contribution in [0, 0.1) is 5.92 Å². The molecule has 26 heavy (non-hydrogen) atoms. The van der Waals surface area contributed by atoms with Crippen LogP contribution in [0.15, 0.2) is 42.5 Å². The highest BCUT2D eigenvalue weighted by Crippen LogP contribution is 2.41. The van der Waals surface area contributed by atoms with Gasteiger partial charge < -0.3 is 14.4 Å². The Kier molecular flexibility index (Phi) is 5.50. The summed E-state index contributed by atoms with van der Waals surface area (Å²) in [6, 6.07) is 14.2. The first-order valence-electron chi connectivity index (χ1n) is 9.14. The van der Waals surface area contributed by atoms with Gasteiger partial charge in [0.2, 0.25) is 5.91 Å². The Morgan fingerprint density at radius 1 is 1.12 bits per heavy atom. The molecule has 0 fully saturated rings. The molecular formula is C22H27NO3. The normalized spacial score (nSPS) is 16.3. The highest BCUT2D eigenvalue weighted by molar-refractivity contribution is 5.78. The zero-order chi connectivity index (χ0) is 18.7. The minimum atomic E-state index is -0.0917. The van der Waals surface area contributed by atoms with Gasteiger partial charge in [-0.25, -0.2) is 0 Å². The molecule has 0 spiro atoms. The maximum atomic E-state index is 12.9. The minimum Gasteiger partial charge on any atom is -0.493 e. The Hall–Kier alpha value is -2.49. The zero-order valence-electron chi connectivity index (χ0n) is 16.0.